The van der Waals surface area contributed by atoms with E-state index in [1.54, 1.807) is 5.56 Å². The molecule has 0 radical (unpaired) electrons. The predicted molar refractivity (Wildman–Crippen MR) is 89.9 cm³/mol. The highest BCUT2D eigenvalue weighted by Gasteiger charge is 2.23. The van der Waals surface area contributed by atoms with Crippen molar-refractivity contribution in [1.29, 1.82) is 0 Å². The van der Waals surface area contributed by atoms with Crippen molar-refractivity contribution in [2.75, 3.05) is 27.2 Å². The largest absolute Gasteiger partial charge is 0.357 e. The fourth-order valence-corrected chi connectivity index (χ4v) is 3.45. The summed E-state index contributed by atoms with van der Waals surface area (Å²) < 4.78 is 0. The van der Waals surface area contributed by atoms with E-state index in [1.165, 1.54) is 47.8 Å². The van der Waals surface area contributed by atoms with Crippen LogP contribution in [-0.4, -0.2) is 37.1 Å². The maximum absolute atomic E-state index is 3.75. The average molecular weight is 285 g/mol. The van der Waals surface area contributed by atoms with Gasteiger partial charge in [0.05, 0.1) is 0 Å². The van der Waals surface area contributed by atoms with Crippen molar-refractivity contribution >= 4 is 10.9 Å². The molecule has 0 fully saturated rings. The van der Waals surface area contributed by atoms with E-state index in [4.69, 9.17) is 0 Å². The van der Waals surface area contributed by atoms with Crippen LogP contribution in [0.15, 0.2) is 18.2 Å². The normalized spacial score (nSPS) is 18.4. The third kappa shape index (κ3) is 3.14. The van der Waals surface area contributed by atoms with Gasteiger partial charge in [-0.1, -0.05) is 11.6 Å². The van der Waals surface area contributed by atoms with Crippen LogP contribution >= 0.6 is 0 Å². The lowest BCUT2D eigenvalue weighted by Gasteiger charge is -2.24. The van der Waals surface area contributed by atoms with Crippen LogP contribution in [0.25, 0.3) is 10.9 Å². The van der Waals surface area contributed by atoms with Crippen LogP contribution in [0.4, 0.5) is 0 Å². The van der Waals surface area contributed by atoms with Gasteiger partial charge in [0.25, 0.3) is 0 Å². The van der Waals surface area contributed by atoms with Crippen molar-refractivity contribution in [3.05, 3.63) is 35.0 Å². The number of fused-ring (bicyclic) bond motifs is 3. The fourth-order valence-electron chi connectivity index (χ4n) is 3.45. The smallest absolute Gasteiger partial charge is 0.0476 e. The first-order valence-corrected chi connectivity index (χ1v) is 8.14. The van der Waals surface area contributed by atoms with Crippen molar-refractivity contribution in [1.82, 2.24) is 15.2 Å². The first-order chi connectivity index (χ1) is 10.1. The summed E-state index contributed by atoms with van der Waals surface area (Å²) in [7, 11) is 4.28. The molecule has 0 saturated carbocycles. The van der Waals surface area contributed by atoms with Gasteiger partial charge in [-0.05, 0) is 77.5 Å². The highest BCUT2D eigenvalue weighted by atomic mass is 15.1. The number of nitrogens with one attached hydrogen (secondary N) is 2. The van der Waals surface area contributed by atoms with Crippen LogP contribution in [0.1, 0.15) is 42.1 Å². The van der Waals surface area contributed by atoms with Crippen molar-refractivity contribution < 1.29 is 0 Å². The van der Waals surface area contributed by atoms with Gasteiger partial charge in [0, 0.05) is 22.6 Å². The number of rotatable bonds is 5. The summed E-state index contributed by atoms with van der Waals surface area (Å²) in [4.78, 5) is 5.92. The molecule has 3 rings (SSSR count). The van der Waals surface area contributed by atoms with Crippen LogP contribution in [0.5, 0.6) is 0 Å². The number of aromatic amines is 1. The molecule has 3 heteroatoms. The molecule has 114 valence electrons. The molecule has 0 amide bonds. The SMILES string of the molecule is Cc1ccc2[nH]c3c(c2c1)CCC[C@@H]3NCCCN(C)C. The van der Waals surface area contributed by atoms with Gasteiger partial charge in [-0.2, -0.15) is 0 Å². The lowest BCUT2D eigenvalue weighted by molar-refractivity contribution is 0.377. The minimum absolute atomic E-state index is 0.503. The maximum Gasteiger partial charge on any atom is 0.0476 e. The number of nitrogens with zero attached hydrogens (tertiary/aromatic N) is 1. The first kappa shape index (κ1) is 14.6. The van der Waals surface area contributed by atoms with E-state index in [9.17, 15) is 0 Å². The molecule has 0 bridgehead atoms. The van der Waals surface area contributed by atoms with Crippen LogP contribution in [0.3, 0.4) is 0 Å². The maximum atomic E-state index is 3.75. The van der Waals surface area contributed by atoms with Gasteiger partial charge >= 0.3 is 0 Å². The first-order valence-electron chi connectivity index (χ1n) is 8.14. The van der Waals surface area contributed by atoms with Gasteiger partial charge in [-0.15, -0.1) is 0 Å². The van der Waals surface area contributed by atoms with E-state index in [2.05, 4.69) is 54.4 Å². The summed E-state index contributed by atoms with van der Waals surface area (Å²) in [5.41, 5.74) is 5.63. The number of benzene rings is 1. The minimum atomic E-state index is 0.503. The van der Waals surface area contributed by atoms with Crippen molar-refractivity contribution in [3.8, 4) is 0 Å². The zero-order valence-corrected chi connectivity index (χ0v) is 13.5. The fraction of sp³-hybridized carbons (Fsp3) is 0.556. The molecule has 0 saturated heterocycles. The summed E-state index contributed by atoms with van der Waals surface area (Å²) in [5.74, 6) is 0. The number of H-pyrrole nitrogens is 1. The standard InChI is InChI=1S/C18H27N3/c1-13-8-9-16-15(12-13)14-6-4-7-17(18(14)20-16)19-10-5-11-21(2)3/h8-9,12,17,19-20H,4-7,10-11H2,1-3H3/t17-/m0/s1. The highest BCUT2D eigenvalue weighted by Crippen LogP contribution is 2.34. The van der Waals surface area contributed by atoms with Crippen LogP contribution in [-0.2, 0) is 6.42 Å². The van der Waals surface area contributed by atoms with E-state index >= 15 is 0 Å². The molecule has 1 aliphatic rings. The summed E-state index contributed by atoms with van der Waals surface area (Å²) >= 11 is 0. The third-order valence-electron chi connectivity index (χ3n) is 4.54. The number of aromatic nitrogens is 1. The van der Waals surface area contributed by atoms with Gasteiger partial charge < -0.3 is 15.2 Å². The second-order valence-corrected chi connectivity index (χ2v) is 6.62. The summed E-state index contributed by atoms with van der Waals surface area (Å²) in [5, 5.41) is 5.19. The molecule has 0 unspecified atom stereocenters. The Balaban J connectivity index is 1.77. The second-order valence-electron chi connectivity index (χ2n) is 6.62. The number of aryl methyl sites for hydroxylation is 2. The number of hydrogen-bond donors (Lipinski definition) is 2. The Morgan fingerprint density at radius 1 is 1.33 bits per heavy atom. The van der Waals surface area contributed by atoms with Gasteiger partial charge in [0.15, 0.2) is 0 Å². The highest BCUT2D eigenvalue weighted by molar-refractivity contribution is 5.85. The zero-order chi connectivity index (χ0) is 14.8. The molecule has 1 atom stereocenters. The Hall–Kier alpha value is -1.32. The molecule has 0 spiro atoms. The molecule has 1 aromatic carbocycles. The Labute approximate surface area is 127 Å². The molecule has 1 aliphatic carbocycles. The zero-order valence-electron chi connectivity index (χ0n) is 13.5. The molecule has 2 aromatic rings. The predicted octanol–water partition coefficient (Wildman–Crippen LogP) is 3.40. The monoisotopic (exact) mass is 285 g/mol. The third-order valence-corrected chi connectivity index (χ3v) is 4.54. The molecule has 1 aromatic heterocycles. The molecule has 21 heavy (non-hydrogen) atoms. The van der Waals surface area contributed by atoms with E-state index in [0.717, 1.165) is 13.1 Å². The Kier molecular flexibility index (Phi) is 4.32. The van der Waals surface area contributed by atoms with Crippen molar-refractivity contribution in [2.24, 2.45) is 0 Å². The van der Waals surface area contributed by atoms with Crippen molar-refractivity contribution in [3.63, 3.8) is 0 Å². The second kappa shape index (κ2) is 6.20. The van der Waals surface area contributed by atoms with E-state index in [-0.39, 0.29) is 0 Å². The summed E-state index contributed by atoms with van der Waals surface area (Å²) in [6.07, 6.45) is 4.97. The Morgan fingerprint density at radius 3 is 3.00 bits per heavy atom. The van der Waals surface area contributed by atoms with E-state index in [0.29, 0.717) is 6.04 Å². The molecule has 1 heterocycles. The van der Waals surface area contributed by atoms with Crippen LogP contribution in [0.2, 0.25) is 0 Å². The molecule has 0 aliphatic heterocycles. The average Bonchev–Trinajstić information content (AvgIpc) is 2.82. The van der Waals surface area contributed by atoms with E-state index < -0.39 is 0 Å². The Morgan fingerprint density at radius 2 is 2.19 bits per heavy atom. The van der Waals surface area contributed by atoms with Crippen LogP contribution < -0.4 is 5.32 Å². The topological polar surface area (TPSA) is 31.1 Å². The molecule has 2 N–H and O–H groups in total. The Bertz CT molecular complexity index is 612. The molecular weight excluding hydrogens is 258 g/mol. The van der Waals surface area contributed by atoms with Gasteiger partial charge in [-0.25, -0.2) is 0 Å². The molecule has 3 nitrogen and oxygen atoms in total. The lowest BCUT2D eigenvalue weighted by Crippen LogP contribution is -2.28. The van der Waals surface area contributed by atoms with Gasteiger partial charge in [-0.3, -0.25) is 0 Å². The number of hydrogen-bond acceptors (Lipinski definition) is 2. The van der Waals surface area contributed by atoms with Gasteiger partial charge in [0.2, 0.25) is 0 Å². The quantitative estimate of drug-likeness (QED) is 0.825. The lowest BCUT2D eigenvalue weighted by atomic mass is 9.91. The van der Waals surface area contributed by atoms with Crippen LogP contribution in [0, 0.1) is 6.92 Å². The van der Waals surface area contributed by atoms with E-state index in [1.807, 2.05) is 0 Å². The summed E-state index contributed by atoms with van der Waals surface area (Å²) in [6, 6.07) is 7.26. The van der Waals surface area contributed by atoms with Gasteiger partial charge in [0.1, 0.15) is 0 Å². The minimum Gasteiger partial charge on any atom is -0.357 e. The molecular formula is C18H27N3. The van der Waals surface area contributed by atoms with Crippen molar-refractivity contribution in [2.45, 2.75) is 38.6 Å². The summed E-state index contributed by atoms with van der Waals surface area (Å²) in [6.45, 7) is 4.42.